The fraction of sp³-hybridized carbons (Fsp3) is 0.467. The van der Waals surface area contributed by atoms with E-state index in [1.165, 1.54) is 19.1 Å². The molecule has 0 bridgehead atoms. The molecule has 1 fully saturated rings. The van der Waals surface area contributed by atoms with E-state index in [1.54, 1.807) is 6.92 Å². The minimum absolute atomic E-state index is 0.0104. The number of nitrogens with one attached hydrogen (secondary N) is 1. The van der Waals surface area contributed by atoms with E-state index in [9.17, 15) is 22.4 Å². The first-order chi connectivity index (χ1) is 10.7. The minimum atomic E-state index is -3.11. The Morgan fingerprint density at radius 3 is 2.65 bits per heavy atom. The number of rotatable bonds is 4. The van der Waals surface area contributed by atoms with E-state index >= 15 is 0 Å². The van der Waals surface area contributed by atoms with Crippen LogP contribution in [0.1, 0.15) is 29.3 Å². The summed E-state index contributed by atoms with van der Waals surface area (Å²) in [6, 6.07) is 3.44. The number of hydrogen-bond donors (Lipinski definition) is 1. The number of aryl methyl sites for hydroxylation is 1. The first-order valence-corrected chi connectivity index (χ1v) is 8.98. The fourth-order valence-corrected chi connectivity index (χ4v) is 3.90. The summed E-state index contributed by atoms with van der Waals surface area (Å²) >= 11 is 0. The van der Waals surface area contributed by atoms with Crippen LogP contribution in [0.25, 0.3) is 0 Å². The molecule has 1 saturated heterocycles. The van der Waals surface area contributed by atoms with Gasteiger partial charge in [-0.25, -0.2) is 17.6 Å². The third-order valence-electron chi connectivity index (χ3n) is 3.64. The van der Waals surface area contributed by atoms with E-state index in [4.69, 9.17) is 4.74 Å². The Balaban J connectivity index is 1.92. The molecule has 0 aliphatic carbocycles. The lowest BCUT2D eigenvalue weighted by Gasteiger charge is -2.16. The summed E-state index contributed by atoms with van der Waals surface area (Å²) in [4.78, 5) is 23.8. The molecule has 1 N–H and O–H groups in total. The third kappa shape index (κ3) is 4.51. The molecule has 1 aliphatic heterocycles. The van der Waals surface area contributed by atoms with E-state index < -0.39 is 39.7 Å². The van der Waals surface area contributed by atoms with Gasteiger partial charge in [0.2, 0.25) is 0 Å². The standard InChI is InChI=1S/C15H18FNO5S/c1-9-3-4-11(7-13(9)16)15(19)22-10(2)14(18)17-12-5-6-23(20,21)8-12/h3-4,7,10,12H,5-6,8H2,1-2H3,(H,17,18)/t10-,12-/m0/s1. The Hall–Kier alpha value is -1.96. The van der Waals surface area contributed by atoms with Crippen molar-refractivity contribution in [2.24, 2.45) is 0 Å². The summed E-state index contributed by atoms with van der Waals surface area (Å²) in [6.45, 7) is 2.94. The van der Waals surface area contributed by atoms with Crippen molar-refractivity contribution in [3.63, 3.8) is 0 Å². The molecule has 126 valence electrons. The van der Waals surface area contributed by atoms with Gasteiger partial charge >= 0.3 is 5.97 Å². The van der Waals surface area contributed by atoms with Crippen molar-refractivity contribution >= 4 is 21.7 Å². The Labute approximate surface area is 133 Å². The van der Waals surface area contributed by atoms with Crippen LogP contribution in [0.5, 0.6) is 0 Å². The van der Waals surface area contributed by atoms with Gasteiger partial charge in [0.15, 0.2) is 15.9 Å². The van der Waals surface area contributed by atoms with Gasteiger partial charge in [-0.2, -0.15) is 0 Å². The van der Waals surface area contributed by atoms with Crippen LogP contribution >= 0.6 is 0 Å². The van der Waals surface area contributed by atoms with Gasteiger partial charge in [-0.3, -0.25) is 4.79 Å². The fourth-order valence-electron chi connectivity index (χ4n) is 2.23. The normalized spacial score (nSPS) is 20.7. The number of carbonyl (C=O) groups is 2. The molecule has 1 aromatic rings. The van der Waals surface area contributed by atoms with Crippen LogP contribution in [0.4, 0.5) is 4.39 Å². The summed E-state index contributed by atoms with van der Waals surface area (Å²) in [5.74, 6) is -2.00. The van der Waals surface area contributed by atoms with Crippen molar-refractivity contribution in [3.8, 4) is 0 Å². The molecule has 1 aliphatic rings. The van der Waals surface area contributed by atoms with Crippen LogP contribution in [-0.2, 0) is 19.4 Å². The second-order valence-electron chi connectivity index (χ2n) is 5.62. The van der Waals surface area contributed by atoms with Crippen LogP contribution in [-0.4, -0.2) is 43.9 Å². The van der Waals surface area contributed by atoms with E-state index in [0.29, 0.717) is 12.0 Å². The lowest BCUT2D eigenvalue weighted by Crippen LogP contribution is -2.42. The van der Waals surface area contributed by atoms with Crippen molar-refractivity contribution in [1.82, 2.24) is 5.32 Å². The zero-order valence-electron chi connectivity index (χ0n) is 12.8. The number of carbonyl (C=O) groups excluding carboxylic acids is 2. The molecular weight excluding hydrogens is 325 g/mol. The van der Waals surface area contributed by atoms with Gasteiger partial charge in [0, 0.05) is 6.04 Å². The van der Waals surface area contributed by atoms with Gasteiger partial charge in [0.25, 0.3) is 5.91 Å². The molecule has 6 nitrogen and oxygen atoms in total. The number of hydrogen-bond acceptors (Lipinski definition) is 5. The Kier molecular flexibility index (Phi) is 5.03. The number of esters is 1. The molecule has 0 radical (unpaired) electrons. The monoisotopic (exact) mass is 343 g/mol. The highest BCUT2D eigenvalue weighted by atomic mass is 32.2. The van der Waals surface area contributed by atoms with Crippen LogP contribution in [0.3, 0.4) is 0 Å². The van der Waals surface area contributed by atoms with Crippen LogP contribution in [0.15, 0.2) is 18.2 Å². The molecule has 8 heteroatoms. The van der Waals surface area contributed by atoms with Crippen molar-refractivity contribution in [3.05, 3.63) is 35.1 Å². The first-order valence-electron chi connectivity index (χ1n) is 7.16. The number of halogens is 1. The van der Waals surface area contributed by atoms with Crippen molar-refractivity contribution in [2.45, 2.75) is 32.4 Å². The largest absolute Gasteiger partial charge is 0.449 e. The maximum atomic E-state index is 13.4. The highest BCUT2D eigenvalue weighted by Crippen LogP contribution is 2.13. The molecule has 1 amide bonds. The van der Waals surface area contributed by atoms with Gasteiger partial charge in [-0.15, -0.1) is 0 Å². The molecule has 2 atom stereocenters. The molecule has 1 aromatic carbocycles. The molecule has 0 unspecified atom stereocenters. The highest BCUT2D eigenvalue weighted by molar-refractivity contribution is 7.91. The lowest BCUT2D eigenvalue weighted by atomic mass is 10.1. The maximum absolute atomic E-state index is 13.4. The van der Waals surface area contributed by atoms with Gasteiger partial charge in [-0.1, -0.05) is 6.07 Å². The number of ether oxygens (including phenoxy) is 1. The SMILES string of the molecule is Cc1ccc(C(=O)O[C@@H](C)C(=O)N[C@H]2CCS(=O)(=O)C2)cc1F. The molecule has 0 saturated carbocycles. The molecular formula is C15H18FNO5S. The third-order valence-corrected chi connectivity index (χ3v) is 5.41. The van der Waals surface area contributed by atoms with Gasteiger partial charge in [0.1, 0.15) is 5.82 Å². The van der Waals surface area contributed by atoms with E-state index in [2.05, 4.69) is 5.32 Å². The van der Waals surface area contributed by atoms with Crippen molar-refractivity contribution in [2.75, 3.05) is 11.5 Å². The minimum Gasteiger partial charge on any atom is -0.449 e. The Morgan fingerprint density at radius 1 is 1.39 bits per heavy atom. The summed E-state index contributed by atoms with van der Waals surface area (Å²) < 4.78 is 41.1. The van der Waals surface area contributed by atoms with E-state index in [0.717, 1.165) is 6.07 Å². The molecule has 1 heterocycles. The number of benzene rings is 1. The zero-order chi connectivity index (χ0) is 17.2. The van der Waals surface area contributed by atoms with E-state index in [-0.39, 0.29) is 17.1 Å². The smallest absolute Gasteiger partial charge is 0.339 e. The molecule has 2 rings (SSSR count). The summed E-state index contributed by atoms with van der Waals surface area (Å²) in [6.07, 6.45) is -0.757. The van der Waals surface area contributed by atoms with Gasteiger partial charge < -0.3 is 10.1 Å². The molecule has 0 aromatic heterocycles. The predicted molar refractivity (Wildman–Crippen MR) is 81.2 cm³/mol. The highest BCUT2D eigenvalue weighted by Gasteiger charge is 2.30. The van der Waals surface area contributed by atoms with Crippen LogP contribution in [0.2, 0.25) is 0 Å². The molecule has 0 spiro atoms. The maximum Gasteiger partial charge on any atom is 0.339 e. The Morgan fingerprint density at radius 2 is 2.09 bits per heavy atom. The summed E-state index contributed by atoms with van der Waals surface area (Å²) in [7, 11) is -3.11. The zero-order valence-corrected chi connectivity index (χ0v) is 13.7. The molecule has 23 heavy (non-hydrogen) atoms. The van der Waals surface area contributed by atoms with Crippen LogP contribution < -0.4 is 5.32 Å². The summed E-state index contributed by atoms with van der Waals surface area (Å²) in [5.41, 5.74) is 0.408. The Bertz CT molecular complexity index is 731. The van der Waals surface area contributed by atoms with E-state index in [1.807, 2.05) is 0 Å². The number of sulfone groups is 1. The second kappa shape index (κ2) is 6.66. The lowest BCUT2D eigenvalue weighted by molar-refractivity contribution is -0.129. The van der Waals surface area contributed by atoms with Crippen LogP contribution in [0, 0.1) is 12.7 Å². The van der Waals surface area contributed by atoms with Crippen molar-refractivity contribution in [1.29, 1.82) is 0 Å². The quantitative estimate of drug-likeness (QED) is 0.823. The summed E-state index contributed by atoms with van der Waals surface area (Å²) in [5, 5.41) is 2.54. The number of amides is 1. The second-order valence-corrected chi connectivity index (χ2v) is 7.85. The topological polar surface area (TPSA) is 89.5 Å². The first kappa shape index (κ1) is 17.4. The predicted octanol–water partition coefficient (Wildman–Crippen LogP) is 0.983. The van der Waals surface area contributed by atoms with Gasteiger partial charge in [0.05, 0.1) is 17.1 Å². The average Bonchev–Trinajstić information content (AvgIpc) is 2.80. The van der Waals surface area contributed by atoms with Crippen molar-refractivity contribution < 1.29 is 27.1 Å². The van der Waals surface area contributed by atoms with Gasteiger partial charge in [-0.05, 0) is 38.0 Å². The average molecular weight is 343 g/mol.